The summed E-state index contributed by atoms with van der Waals surface area (Å²) in [4.78, 5) is 28.7. The van der Waals surface area contributed by atoms with Crippen LogP contribution in [0.5, 0.6) is 5.75 Å². The van der Waals surface area contributed by atoms with E-state index in [9.17, 15) is 14.7 Å². The van der Waals surface area contributed by atoms with E-state index in [-0.39, 0.29) is 11.3 Å². The molecule has 1 unspecified atom stereocenters. The van der Waals surface area contributed by atoms with E-state index >= 15 is 0 Å². The molecule has 2 heterocycles. The molecule has 3 aromatic rings. The molecule has 1 aliphatic rings. The molecule has 1 aliphatic heterocycles. The number of carbonyl (C=O) groups is 2. The van der Waals surface area contributed by atoms with E-state index in [4.69, 9.17) is 4.74 Å². The molecule has 1 fully saturated rings. The van der Waals surface area contributed by atoms with Gasteiger partial charge in [-0.1, -0.05) is 30.3 Å². The molecular formula is C25H23NO4S. The molecule has 0 bridgehead atoms. The Morgan fingerprint density at radius 2 is 1.90 bits per heavy atom. The van der Waals surface area contributed by atoms with Crippen molar-refractivity contribution >= 4 is 34.5 Å². The van der Waals surface area contributed by atoms with Crippen LogP contribution in [-0.2, 0) is 9.59 Å². The van der Waals surface area contributed by atoms with Gasteiger partial charge in [0.15, 0.2) is 0 Å². The lowest BCUT2D eigenvalue weighted by Crippen LogP contribution is -2.29. The van der Waals surface area contributed by atoms with Crippen LogP contribution in [0.2, 0.25) is 0 Å². The van der Waals surface area contributed by atoms with E-state index in [2.05, 4.69) is 0 Å². The number of ether oxygens (including phenoxy) is 1. The van der Waals surface area contributed by atoms with Crippen molar-refractivity contribution in [1.29, 1.82) is 0 Å². The van der Waals surface area contributed by atoms with Gasteiger partial charge in [-0.3, -0.25) is 14.5 Å². The minimum Gasteiger partial charge on any atom is -0.507 e. The Labute approximate surface area is 185 Å². The fourth-order valence-electron chi connectivity index (χ4n) is 3.83. The molecule has 0 radical (unpaired) electrons. The number of hydrogen-bond donors (Lipinski definition) is 1. The molecule has 1 saturated heterocycles. The number of nitrogens with zero attached hydrogens (tertiary/aromatic N) is 1. The normalized spacial score (nSPS) is 17.9. The summed E-state index contributed by atoms with van der Waals surface area (Å²) in [7, 11) is 0. The first-order valence-electron chi connectivity index (χ1n) is 10.1. The zero-order valence-corrected chi connectivity index (χ0v) is 18.4. The zero-order chi connectivity index (χ0) is 22.1. The molecule has 1 N–H and O–H groups in total. The van der Waals surface area contributed by atoms with E-state index in [1.807, 2.05) is 56.5 Å². The van der Waals surface area contributed by atoms with Crippen molar-refractivity contribution in [1.82, 2.24) is 0 Å². The number of carbonyl (C=O) groups excluding carboxylic acids is 2. The predicted octanol–water partition coefficient (Wildman–Crippen LogP) is 5.39. The molecule has 6 heteroatoms. The highest BCUT2D eigenvalue weighted by atomic mass is 32.1. The number of aryl methyl sites for hydroxylation is 2. The van der Waals surface area contributed by atoms with E-state index in [1.54, 1.807) is 24.3 Å². The molecule has 0 saturated carbocycles. The third kappa shape index (κ3) is 3.75. The van der Waals surface area contributed by atoms with Gasteiger partial charge in [0.05, 0.1) is 12.2 Å². The van der Waals surface area contributed by atoms with E-state index in [0.717, 1.165) is 16.0 Å². The number of Topliss-reactive ketones (excluding diaryl/α,β-unsaturated/α-hetero) is 1. The number of ketones is 1. The maximum absolute atomic E-state index is 13.2. The third-order valence-electron chi connectivity index (χ3n) is 5.30. The van der Waals surface area contributed by atoms with Crippen molar-refractivity contribution in [3.63, 3.8) is 0 Å². The highest BCUT2D eigenvalue weighted by Gasteiger charge is 2.47. The van der Waals surface area contributed by atoms with Gasteiger partial charge in [0.2, 0.25) is 0 Å². The highest BCUT2D eigenvalue weighted by molar-refractivity contribution is 7.10. The van der Waals surface area contributed by atoms with Gasteiger partial charge in [0.1, 0.15) is 17.6 Å². The summed E-state index contributed by atoms with van der Waals surface area (Å²) in [6, 6.07) is 15.8. The van der Waals surface area contributed by atoms with Gasteiger partial charge in [0.25, 0.3) is 11.7 Å². The van der Waals surface area contributed by atoms with Crippen LogP contribution in [0.3, 0.4) is 0 Å². The second-order valence-electron chi connectivity index (χ2n) is 7.44. The first kappa shape index (κ1) is 20.9. The Morgan fingerprint density at radius 3 is 2.61 bits per heavy atom. The van der Waals surface area contributed by atoms with Crippen LogP contribution < -0.4 is 9.64 Å². The molecule has 158 valence electrons. The second kappa shape index (κ2) is 8.40. The van der Waals surface area contributed by atoms with Gasteiger partial charge in [-0.05, 0) is 61.5 Å². The van der Waals surface area contributed by atoms with Crippen molar-refractivity contribution < 1.29 is 19.4 Å². The molecule has 1 aromatic heterocycles. The number of amides is 1. The Hall–Kier alpha value is -3.38. The summed E-state index contributed by atoms with van der Waals surface area (Å²) in [6.45, 7) is 6.21. The van der Waals surface area contributed by atoms with Gasteiger partial charge in [0, 0.05) is 16.1 Å². The molecule has 1 atom stereocenters. The second-order valence-corrected chi connectivity index (χ2v) is 8.41. The minimum atomic E-state index is -0.698. The number of hydrogen-bond acceptors (Lipinski definition) is 5. The van der Waals surface area contributed by atoms with Gasteiger partial charge in [-0.2, -0.15) is 0 Å². The largest absolute Gasteiger partial charge is 0.507 e. The van der Waals surface area contributed by atoms with Crippen molar-refractivity contribution in [3.8, 4) is 5.75 Å². The van der Waals surface area contributed by atoms with Gasteiger partial charge in [-0.25, -0.2) is 0 Å². The van der Waals surface area contributed by atoms with Crippen LogP contribution in [0.25, 0.3) is 5.76 Å². The van der Waals surface area contributed by atoms with Crippen LogP contribution in [0.1, 0.15) is 34.5 Å². The average Bonchev–Trinajstić information content (AvgIpc) is 3.37. The zero-order valence-electron chi connectivity index (χ0n) is 17.6. The van der Waals surface area contributed by atoms with Crippen LogP contribution >= 0.6 is 11.3 Å². The smallest absolute Gasteiger partial charge is 0.300 e. The molecule has 31 heavy (non-hydrogen) atoms. The molecule has 5 nitrogen and oxygen atoms in total. The lowest BCUT2D eigenvalue weighted by atomic mass is 9.99. The Balaban J connectivity index is 1.92. The minimum absolute atomic E-state index is 0.0852. The first-order chi connectivity index (χ1) is 14.9. The van der Waals surface area contributed by atoms with Gasteiger partial charge in [-0.15, -0.1) is 11.3 Å². The maximum atomic E-state index is 13.2. The summed E-state index contributed by atoms with van der Waals surface area (Å²) in [5.41, 5.74) is 3.06. The number of benzene rings is 2. The fourth-order valence-corrected chi connectivity index (χ4v) is 4.65. The van der Waals surface area contributed by atoms with Crippen molar-refractivity contribution in [2.24, 2.45) is 0 Å². The summed E-state index contributed by atoms with van der Waals surface area (Å²) in [5, 5.41) is 13.1. The summed E-state index contributed by atoms with van der Waals surface area (Å²) >= 11 is 1.44. The van der Waals surface area contributed by atoms with Crippen LogP contribution in [0.15, 0.2) is 65.6 Å². The van der Waals surface area contributed by atoms with Crippen molar-refractivity contribution in [2.45, 2.75) is 26.8 Å². The lowest BCUT2D eigenvalue weighted by Gasteiger charge is -2.26. The molecule has 4 rings (SSSR count). The SMILES string of the molecule is CCOc1cccc(/C(O)=C2/C(=O)C(=O)N(c3cc(C)ccc3C)C2c2cccs2)c1. The topological polar surface area (TPSA) is 66.8 Å². The lowest BCUT2D eigenvalue weighted by molar-refractivity contribution is -0.132. The summed E-state index contributed by atoms with van der Waals surface area (Å²) in [5.74, 6) is -0.956. The highest BCUT2D eigenvalue weighted by Crippen LogP contribution is 2.44. The fraction of sp³-hybridized carbons (Fsp3) is 0.200. The van der Waals surface area contributed by atoms with Crippen LogP contribution in [0.4, 0.5) is 5.69 Å². The van der Waals surface area contributed by atoms with Crippen LogP contribution in [0, 0.1) is 13.8 Å². The van der Waals surface area contributed by atoms with E-state index < -0.39 is 17.7 Å². The number of rotatable bonds is 5. The van der Waals surface area contributed by atoms with E-state index in [1.165, 1.54) is 16.2 Å². The summed E-state index contributed by atoms with van der Waals surface area (Å²) in [6.07, 6.45) is 0. The Kier molecular flexibility index (Phi) is 5.65. The Bertz CT molecular complexity index is 1180. The third-order valence-corrected chi connectivity index (χ3v) is 6.22. The standard InChI is InChI=1S/C25H23NO4S/c1-4-30-18-8-5-7-17(14-18)23(27)21-22(20-9-6-12-31-20)26(25(29)24(21)28)19-13-15(2)10-11-16(19)3/h5-14,22,27H,4H2,1-3H3/b23-21-. The molecule has 2 aromatic carbocycles. The molecule has 1 amide bonds. The number of aliphatic hydroxyl groups excluding tert-OH is 1. The van der Waals surface area contributed by atoms with Crippen molar-refractivity contribution in [2.75, 3.05) is 11.5 Å². The summed E-state index contributed by atoms with van der Waals surface area (Å²) < 4.78 is 5.53. The average molecular weight is 434 g/mol. The molecular weight excluding hydrogens is 410 g/mol. The quantitative estimate of drug-likeness (QED) is 0.333. The van der Waals surface area contributed by atoms with Crippen LogP contribution in [-0.4, -0.2) is 23.4 Å². The number of aliphatic hydroxyl groups is 1. The maximum Gasteiger partial charge on any atom is 0.300 e. The Morgan fingerprint density at radius 1 is 1.10 bits per heavy atom. The van der Waals surface area contributed by atoms with E-state index in [0.29, 0.717) is 23.6 Å². The number of anilines is 1. The first-order valence-corrected chi connectivity index (χ1v) is 10.9. The molecule has 0 spiro atoms. The van der Waals surface area contributed by atoms with Crippen molar-refractivity contribution in [3.05, 3.63) is 87.1 Å². The van der Waals surface area contributed by atoms with Gasteiger partial charge < -0.3 is 9.84 Å². The van der Waals surface area contributed by atoms with Gasteiger partial charge >= 0.3 is 0 Å². The molecule has 0 aliphatic carbocycles. The predicted molar refractivity (Wildman–Crippen MR) is 123 cm³/mol. The number of thiophene rings is 1. The monoisotopic (exact) mass is 433 g/mol.